The second-order valence-corrected chi connectivity index (χ2v) is 8.51. The molecule has 0 atom stereocenters. The van der Waals surface area contributed by atoms with Crippen molar-refractivity contribution in [3.8, 4) is 5.75 Å². The first kappa shape index (κ1) is 21.2. The molecule has 29 heavy (non-hydrogen) atoms. The summed E-state index contributed by atoms with van der Waals surface area (Å²) in [4.78, 5) is 30.7. The summed E-state index contributed by atoms with van der Waals surface area (Å²) >= 11 is 8.33. The first-order valence-electron chi connectivity index (χ1n) is 8.54. The van der Waals surface area contributed by atoms with Crippen molar-refractivity contribution in [2.45, 2.75) is 11.5 Å². The summed E-state index contributed by atoms with van der Waals surface area (Å²) in [5, 5.41) is 5.77. The minimum atomic E-state index is -0.302. The van der Waals surface area contributed by atoms with E-state index in [-0.39, 0.29) is 17.8 Å². The Kier molecular flexibility index (Phi) is 7.13. The zero-order valence-electron chi connectivity index (χ0n) is 15.7. The fourth-order valence-electron chi connectivity index (χ4n) is 2.15. The summed E-state index contributed by atoms with van der Waals surface area (Å²) in [5.41, 5.74) is 0.953. The van der Waals surface area contributed by atoms with Crippen LogP contribution < -0.4 is 10.1 Å². The quantitative estimate of drug-likeness (QED) is 0.512. The van der Waals surface area contributed by atoms with E-state index < -0.39 is 0 Å². The van der Waals surface area contributed by atoms with Crippen molar-refractivity contribution in [1.29, 1.82) is 0 Å². The van der Waals surface area contributed by atoms with Crippen molar-refractivity contribution >= 4 is 51.5 Å². The molecule has 3 rings (SSSR count). The highest BCUT2D eigenvalue weighted by molar-refractivity contribution is 8.13. The number of rotatable bonds is 6. The zero-order chi connectivity index (χ0) is 20.8. The van der Waals surface area contributed by atoms with Gasteiger partial charge in [-0.25, -0.2) is 4.98 Å². The van der Waals surface area contributed by atoms with Crippen molar-refractivity contribution in [2.24, 2.45) is 0 Å². The normalized spacial score (nSPS) is 10.4. The molecule has 2 amide bonds. The Morgan fingerprint density at radius 1 is 1.14 bits per heavy atom. The number of hydrogen-bond donors (Lipinski definition) is 1. The van der Waals surface area contributed by atoms with Gasteiger partial charge in [0.25, 0.3) is 11.1 Å². The average molecular weight is 448 g/mol. The molecule has 1 heterocycles. The van der Waals surface area contributed by atoms with Crippen molar-refractivity contribution in [1.82, 2.24) is 9.88 Å². The highest BCUT2D eigenvalue weighted by Gasteiger charge is 2.12. The van der Waals surface area contributed by atoms with Gasteiger partial charge in [-0.3, -0.25) is 9.59 Å². The standard InChI is InChI=1S/C20H18ClN3O3S2/c1-24(2)20(26)29-16-9-5-14(6-10-16)22-19(25)17-12-28-18(23-17)11-27-15-7-3-13(21)4-8-15/h3-10,12H,11H2,1-2H3,(H,22,25). The summed E-state index contributed by atoms with van der Waals surface area (Å²) in [6.07, 6.45) is 0. The second kappa shape index (κ2) is 9.78. The van der Waals surface area contributed by atoms with Crippen LogP contribution >= 0.6 is 34.7 Å². The van der Waals surface area contributed by atoms with Crippen molar-refractivity contribution in [3.63, 3.8) is 0 Å². The van der Waals surface area contributed by atoms with Crippen LogP contribution in [-0.4, -0.2) is 35.1 Å². The lowest BCUT2D eigenvalue weighted by Crippen LogP contribution is -2.16. The van der Waals surface area contributed by atoms with Crippen LogP contribution in [0, 0.1) is 0 Å². The van der Waals surface area contributed by atoms with Crippen LogP contribution in [0.3, 0.4) is 0 Å². The average Bonchev–Trinajstić information content (AvgIpc) is 3.18. The van der Waals surface area contributed by atoms with E-state index in [1.807, 2.05) is 0 Å². The van der Waals surface area contributed by atoms with E-state index in [1.165, 1.54) is 16.2 Å². The molecule has 0 aliphatic rings. The minimum Gasteiger partial charge on any atom is -0.486 e. The van der Waals surface area contributed by atoms with Gasteiger partial charge in [0.15, 0.2) is 0 Å². The Labute approximate surface area is 181 Å². The Hall–Kier alpha value is -2.55. The SMILES string of the molecule is CN(C)C(=O)Sc1ccc(NC(=O)c2csc(COc3ccc(Cl)cc3)n2)cc1. The van der Waals surface area contributed by atoms with Gasteiger partial charge in [0.1, 0.15) is 23.1 Å². The maximum atomic E-state index is 12.4. The summed E-state index contributed by atoms with van der Waals surface area (Å²) in [6.45, 7) is 0.269. The molecule has 2 aromatic carbocycles. The smallest absolute Gasteiger partial charge is 0.285 e. The number of carbonyl (C=O) groups is 2. The van der Waals surface area contributed by atoms with Gasteiger partial charge in [-0.05, 0) is 60.3 Å². The van der Waals surface area contributed by atoms with Crippen LogP contribution in [-0.2, 0) is 6.61 Å². The van der Waals surface area contributed by atoms with Crippen LogP contribution in [0.4, 0.5) is 10.5 Å². The lowest BCUT2D eigenvalue weighted by molar-refractivity contribution is 0.102. The van der Waals surface area contributed by atoms with Gasteiger partial charge in [-0.2, -0.15) is 0 Å². The van der Waals surface area contributed by atoms with E-state index in [0.29, 0.717) is 27.2 Å². The summed E-state index contributed by atoms with van der Waals surface area (Å²) < 4.78 is 5.64. The van der Waals surface area contributed by atoms with E-state index in [0.717, 1.165) is 16.7 Å². The number of amides is 2. The highest BCUT2D eigenvalue weighted by Crippen LogP contribution is 2.23. The van der Waals surface area contributed by atoms with Gasteiger partial charge in [-0.1, -0.05) is 11.6 Å². The van der Waals surface area contributed by atoms with E-state index in [4.69, 9.17) is 16.3 Å². The Balaban J connectivity index is 1.54. The number of hydrogen-bond acceptors (Lipinski definition) is 6. The molecule has 0 fully saturated rings. The molecule has 0 saturated heterocycles. The van der Waals surface area contributed by atoms with E-state index in [1.54, 1.807) is 68.0 Å². The number of halogens is 1. The van der Waals surface area contributed by atoms with Crippen LogP contribution in [0.5, 0.6) is 5.75 Å². The van der Waals surface area contributed by atoms with Crippen LogP contribution in [0.15, 0.2) is 58.8 Å². The van der Waals surface area contributed by atoms with Gasteiger partial charge in [0.05, 0.1) is 0 Å². The Morgan fingerprint density at radius 3 is 2.48 bits per heavy atom. The molecule has 0 aliphatic heterocycles. The van der Waals surface area contributed by atoms with Crippen molar-refractivity contribution in [3.05, 3.63) is 69.6 Å². The van der Waals surface area contributed by atoms with Crippen molar-refractivity contribution < 1.29 is 14.3 Å². The molecule has 1 N–H and O–H groups in total. The molecule has 0 unspecified atom stereocenters. The van der Waals surface area contributed by atoms with Gasteiger partial charge >= 0.3 is 0 Å². The van der Waals surface area contributed by atoms with Crippen LogP contribution in [0.2, 0.25) is 5.02 Å². The number of aromatic nitrogens is 1. The predicted octanol–water partition coefficient (Wildman–Crippen LogP) is 5.40. The molecule has 3 aromatic rings. The molecule has 150 valence electrons. The largest absolute Gasteiger partial charge is 0.486 e. The van der Waals surface area contributed by atoms with E-state index >= 15 is 0 Å². The summed E-state index contributed by atoms with van der Waals surface area (Å²) in [7, 11) is 3.40. The monoisotopic (exact) mass is 447 g/mol. The van der Waals surface area contributed by atoms with Gasteiger partial charge in [0, 0.05) is 35.1 Å². The van der Waals surface area contributed by atoms with E-state index in [2.05, 4.69) is 10.3 Å². The molecule has 0 saturated carbocycles. The topological polar surface area (TPSA) is 71.5 Å². The van der Waals surface area contributed by atoms with Gasteiger partial charge < -0.3 is 15.0 Å². The third kappa shape index (κ3) is 6.22. The molecule has 9 heteroatoms. The number of nitrogens with zero attached hydrogens (tertiary/aromatic N) is 2. The van der Waals surface area contributed by atoms with E-state index in [9.17, 15) is 9.59 Å². The molecule has 0 spiro atoms. The molecule has 0 radical (unpaired) electrons. The Morgan fingerprint density at radius 2 is 1.83 bits per heavy atom. The van der Waals surface area contributed by atoms with Crippen molar-refractivity contribution in [2.75, 3.05) is 19.4 Å². The van der Waals surface area contributed by atoms with Gasteiger partial charge in [0.2, 0.25) is 0 Å². The molecule has 0 bridgehead atoms. The number of thiazole rings is 1. The lowest BCUT2D eigenvalue weighted by atomic mass is 10.3. The fourth-order valence-corrected chi connectivity index (χ4v) is 3.62. The van der Waals surface area contributed by atoms with Crippen LogP contribution in [0.1, 0.15) is 15.5 Å². The summed E-state index contributed by atoms with van der Waals surface area (Å²) in [5.74, 6) is 0.380. The summed E-state index contributed by atoms with van der Waals surface area (Å²) in [6, 6.07) is 14.1. The molecule has 1 aromatic heterocycles. The highest BCUT2D eigenvalue weighted by atomic mass is 35.5. The third-order valence-corrected chi connectivity index (χ3v) is 5.76. The third-order valence-electron chi connectivity index (χ3n) is 3.64. The lowest BCUT2D eigenvalue weighted by Gasteiger charge is -2.09. The molecule has 0 aliphatic carbocycles. The zero-order valence-corrected chi connectivity index (χ0v) is 18.1. The predicted molar refractivity (Wildman–Crippen MR) is 117 cm³/mol. The molecular formula is C20H18ClN3O3S2. The number of anilines is 1. The minimum absolute atomic E-state index is 0.0578. The maximum Gasteiger partial charge on any atom is 0.285 e. The fraction of sp³-hybridized carbons (Fsp3) is 0.150. The Bertz CT molecular complexity index is 989. The number of nitrogens with one attached hydrogen (secondary N) is 1. The van der Waals surface area contributed by atoms with Crippen LogP contribution in [0.25, 0.3) is 0 Å². The molecule has 6 nitrogen and oxygen atoms in total. The van der Waals surface area contributed by atoms with Gasteiger partial charge in [-0.15, -0.1) is 11.3 Å². The second-order valence-electron chi connectivity index (χ2n) is 6.11. The number of benzene rings is 2. The number of carbonyl (C=O) groups excluding carboxylic acids is 2. The first-order chi connectivity index (χ1) is 13.9. The maximum absolute atomic E-state index is 12.4. The first-order valence-corrected chi connectivity index (χ1v) is 10.6. The number of thioether (sulfide) groups is 1. The molecular weight excluding hydrogens is 430 g/mol. The number of ether oxygens (including phenoxy) is 1.